The van der Waals surface area contributed by atoms with E-state index in [0.29, 0.717) is 5.69 Å². The molecule has 0 bridgehead atoms. The van der Waals surface area contributed by atoms with Gasteiger partial charge in [-0.1, -0.05) is 30.4 Å². The minimum absolute atomic E-state index is 0.147. The van der Waals surface area contributed by atoms with E-state index in [2.05, 4.69) is 4.98 Å². The Bertz CT molecular complexity index is 820. The van der Waals surface area contributed by atoms with E-state index in [-0.39, 0.29) is 12.0 Å². The monoisotopic (exact) mass is 290 g/mol. The van der Waals surface area contributed by atoms with Crippen molar-refractivity contribution in [2.45, 2.75) is 18.8 Å². The molecule has 6 heteroatoms. The van der Waals surface area contributed by atoms with E-state index < -0.39 is 29.3 Å². The number of benzene rings is 1. The molecule has 1 heterocycles. The Hall–Kier alpha value is -2.50. The van der Waals surface area contributed by atoms with E-state index in [9.17, 15) is 18.4 Å². The van der Waals surface area contributed by atoms with Crippen molar-refractivity contribution in [3.63, 3.8) is 0 Å². The average molecular weight is 290 g/mol. The Kier molecular flexibility index (Phi) is 3.08. The highest BCUT2D eigenvalue weighted by atomic mass is 19.3. The molecule has 1 N–H and O–H groups in total. The molecule has 0 unspecified atom stereocenters. The second-order valence-corrected chi connectivity index (χ2v) is 4.84. The summed E-state index contributed by atoms with van der Waals surface area (Å²) in [5.41, 5.74) is -2.02. The molecule has 21 heavy (non-hydrogen) atoms. The Balaban J connectivity index is 2.35. The lowest BCUT2D eigenvalue weighted by Crippen LogP contribution is -2.38. The summed E-state index contributed by atoms with van der Waals surface area (Å²) in [4.78, 5) is 26.7. The van der Waals surface area contributed by atoms with Crippen LogP contribution < -0.4 is 11.2 Å². The van der Waals surface area contributed by atoms with E-state index in [1.165, 1.54) is 12.2 Å². The fourth-order valence-corrected chi connectivity index (χ4v) is 2.40. The zero-order valence-corrected chi connectivity index (χ0v) is 11.0. The third kappa shape index (κ3) is 2.22. The van der Waals surface area contributed by atoms with Crippen LogP contribution in [-0.4, -0.2) is 9.55 Å². The third-order valence-corrected chi connectivity index (χ3v) is 3.43. The Morgan fingerprint density at radius 2 is 1.86 bits per heavy atom. The molecule has 2 aromatic rings. The van der Waals surface area contributed by atoms with Gasteiger partial charge in [0.15, 0.2) is 0 Å². The summed E-state index contributed by atoms with van der Waals surface area (Å²) >= 11 is 0. The largest absolute Gasteiger partial charge is 0.333 e. The quantitative estimate of drug-likeness (QED) is 0.877. The molecule has 0 atom stereocenters. The van der Waals surface area contributed by atoms with Gasteiger partial charge in [0.2, 0.25) is 0 Å². The van der Waals surface area contributed by atoms with Gasteiger partial charge in [0.25, 0.3) is 11.5 Å². The first-order valence-corrected chi connectivity index (χ1v) is 6.50. The average Bonchev–Trinajstić information content (AvgIpc) is 2.60. The van der Waals surface area contributed by atoms with Gasteiger partial charge in [-0.05, 0) is 18.6 Å². The van der Waals surface area contributed by atoms with E-state index >= 15 is 0 Å². The smallest absolute Gasteiger partial charge is 0.305 e. The second-order valence-electron chi connectivity index (χ2n) is 4.84. The van der Waals surface area contributed by atoms with Crippen LogP contribution >= 0.6 is 0 Å². The number of hydrogen-bond acceptors (Lipinski definition) is 2. The highest BCUT2D eigenvalue weighted by Gasteiger charge is 2.37. The van der Waals surface area contributed by atoms with Gasteiger partial charge in [-0.25, -0.2) is 9.36 Å². The Labute approximate surface area is 118 Å². The second kappa shape index (κ2) is 4.80. The molecular weight excluding hydrogens is 278 g/mol. The summed E-state index contributed by atoms with van der Waals surface area (Å²) in [7, 11) is 0. The van der Waals surface area contributed by atoms with Crippen LogP contribution in [-0.2, 0) is 5.92 Å². The summed E-state index contributed by atoms with van der Waals surface area (Å²) in [6, 6.07) is 8.21. The van der Waals surface area contributed by atoms with Crippen LogP contribution in [0.4, 0.5) is 8.78 Å². The highest BCUT2D eigenvalue weighted by Crippen LogP contribution is 2.34. The molecule has 1 aromatic carbocycles. The van der Waals surface area contributed by atoms with Gasteiger partial charge < -0.3 is 4.98 Å². The number of H-pyrrole nitrogens is 1. The van der Waals surface area contributed by atoms with Crippen molar-refractivity contribution in [3.8, 4) is 5.69 Å². The molecule has 0 amide bonds. The van der Waals surface area contributed by atoms with Gasteiger partial charge in [0, 0.05) is 6.42 Å². The van der Waals surface area contributed by atoms with Gasteiger partial charge >= 0.3 is 5.69 Å². The fraction of sp³-hybridized carbons (Fsp3) is 0.200. The van der Waals surface area contributed by atoms with Crippen LogP contribution in [0.25, 0.3) is 11.8 Å². The van der Waals surface area contributed by atoms with Gasteiger partial charge in [-0.3, -0.25) is 4.79 Å². The molecule has 0 aliphatic heterocycles. The zero-order valence-electron chi connectivity index (χ0n) is 11.0. The van der Waals surface area contributed by atoms with Crippen molar-refractivity contribution in [3.05, 3.63) is 68.5 Å². The summed E-state index contributed by atoms with van der Waals surface area (Å²) in [5.74, 6) is -3.22. The minimum Gasteiger partial charge on any atom is -0.305 e. The van der Waals surface area contributed by atoms with Crippen molar-refractivity contribution >= 4 is 6.08 Å². The first kappa shape index (κ1) is 13.5. The predicted octanol–water partition coefficient (Wildman–Crippen LogP) is 2.42. The molecule has 3 rings (SSSR count). The van der Waals surface area contributed by atoms with Gasteiger partial charge in [0.05, 0.1) is 11.3 Å². The SMILES string of the molecule is O=c1[nH]c2c(c(=O)n1-c1ccccc1)C=CCCC2(F)F. The van der Waals surface area contributed by atoms with Crippen LogP contribution in [0.2, 0.25) is 0 Å². The molecule has 0 saturated carbocycles. The van der Waals surface area contributed by atoms with Gasteiger partial charge in [0.1, 0.15) is 5.69 Å². The number of rotatable bonds is 1. The van der Waals surface area contributed by atoms with Gasteiger partial charge in [-0.2, -0.15) is 8.78 Å². The van der Waals surface area contributed by atoms with E-state index in [1.807, 2.05) is 0 Å². The van der Waals surface area contributed by atoms with Crippen LogP contribution in [0.15, 0.2) is 46.0 Å². The van der Waals surface area contributed by atoms with Crippen molar-refractivity contribution in [2.75, 3.05) is 0 Å². The number of alkyl halides is 2. The Morgan fingerprint density at radius 1 is 1.14 bits per heavy atom. The topological polar surface area (TPSA) is 54.9 Å². The molecular formula is C15H12F2N2O2. The number of nitrogens with one attached hydrogen (secondary N) is 1. The number of nitrogens with zero attached hydrogens (tertiary/aromatic N) is 1. The van der Waals surface area contributed by atoms with E-state index in [4.69, 9.17) is 0 Å². The summed E-state index contributed by atoms with van der Waals surface area (Å²) < 4.78 is 28.9. The highest BCUT2D eigenvalue weighted by molar-refractivity contribution is 5.53. The van der Waals surface area contributed by atoms with Crippen molar-refractivity contribution < 1.29 is 8.78 Å². The number of aromatic amines is 1. The molecule has 0 fully saturated rings. The lowest BCUT2D eigenvalue weighted by molar-refractivity contribution is -0.0169. The molecule has 0 radical (unpaired) electrons. The normalized spacial score (nSPS) is 16.3. The number of allylic oxidation sites excluding steroid dienone is 1. The van der Waals surface area contributed by atoms with E-state index in [0.717, 1.165) is 4.57 Å². The third-order valence-electron chi connectivity index (χ3n) is 3.43. The summed E-state index contributed by atoms with van der Waals surface area (Å²) in [6.07, 6.45) is 2.60. The molecule has 0 saturated heterocycles. The zero-order chi connectivity index (χ0) is 15.0. The summed E-state index contributed by atoms with van der Waals surface area (Å²) in [5, 5.41) is 0. The molecule has 1 aliphatic rings. The standard InChI is InChI=1S/C15H12F2N2O2/c16-15(17)9-5-4-8-11-12(15)18-14(21)19(13(11)20)10-6-2-1-3-7-10/h1-4,6-8H,5,9H2,(H,18,21). The number of fused-ring (bicyclic) bond motifs is 1. The van der Waals surface area contributed by atoms with Crippen LogP contribution in [0.1, 0.15) is 24.1 Å². The van der Waals surface area contributed by atoms with Crippen LogP contribution in [0.3, 0.4) is 0 Å². The summed E-state index contributed by atoms with van der Waals surface area (Å²) in [6.45, 7) is 0. The first-order valence-electron chi connectivity index (χ1n) is 6.50. The maximum Gasteiger partial charge on any atom is 0.333 e. The van der Waals surface area contributed by atoms with Crippen LogP contribution in [0, 0.1) is 0 Å². The fourth-order valence-electron chi connectivity index (χ4n) is 2.40. The van der Waals surface area contributed by atoms with E-state index in [1.54, 1.807) is 30.3 Å². The molecule has 4 nitrogen and oxygen atoms in total. The number of aromatic nitrogens is 2. The number of halogens is 2. The molecule has 108 valence electrons. The molecule has 1 aromatic heterocycles. The lowest BCUT2D eigenvalue weighted by atomic mass is 10.1. The predicted molar refractivity (Wildman–Crippen MR) is 74.8 cm³/mol. The van der Waals surface area contributed by atoms with Crippen LogP contribution in [0.5, 0.6) is 0 Å². The molecule has 0 spiro atoms. The van der Waals surface area contributed by atoms with Crippen molar-refractivity contribution in [1.82, 2.24) is 9.55 Å². The number of hydrogen-bond donors (Lipinski definition) is 1. The maximum atomic E-state index is 14.0. The number of para-hydroxylation sites is 1. The molecule has 1 aliphatic carbocycles. The lowest BCUT2D eigenvalue weighted by Gasteiger charge is -2.17. The minimum atomic E-state index is -3.22. The maximum absolute atomic E-state index is 14.0. The van der Waals surface area contributed by atoms with Crippen molar-refractivity contribution in [1.29, 1.82) is 0 Å². The van der Waals surface area contributed by atoms with Crippen molar-refractivity contribution in [2.24, 2.45) is 0 Å². The first-order chi connectivity index (χ1) is 10.0. The Morgan fingerprint density at radius 3 is 2.57 bits per heavy atom. The van der Waals surface area contributed by atoms with Gasteiger partial charge in [-0.15, -0.1) is 0 Å².